The molecule has 0 aliphatic carbocycles. The highest BCUT2D eigenvalue weighted by Crippen LogP contribution is 2.25. The molecule has 1 heterocycles. The summed E-state index contributed by atoms with van der Waals surface area (Å²) < 4.78 is 0.812. The molecule has 0 saturated heterocycles. The van der Waals surface area contributed by atoms with Crippen LogP contribution in [0.5, 0.6) is 0 Å². The van der Waals surface area contributed by atoms with E-state index < -0.39 is 0 Å². The van der Waals surface area contributed by atoms with Crippen LogP contribution in [0.3, 0.4) is 0 Å². The molecule has 0 atom stereocenters. The van der Waals surface area contributed by atoms with E-state index >= 15 is 0 Å². The second-order valence-corrected chi connectivity index (χ2v) is 4.57. The van der Waals surface area contributed by atoms with E-state index in [-0.39, 0.29) is 0 Å². The molecular formula is C11H9BrClN3. The Balaban J connectivity index is 2.28. The highest BCUT2D eigenvalue weighted by molar-refractivity contribution is 9.10. The van der Waals surface area contributed by atoms with Gasteiger partial charge in [-0.3, -0.25) is 0 Å². The molecule has 1 N–H and O–H groups in total. The summed E-state index contributed by atoms with van der Waals surface area (Å²) in [7, 11) is 0. The first-order valence-electron chi connectivity index (χ1n) is 4.65. The maximum atomic E-state index is 6.04. The van der Waals surface area contributed by atoms with Crippen LogP contribution in [0, 0.1) is 6.92 Å². The zero-order chi connectivity index (χ0) is 11.5. The maximum absolute atomic E-state index is 6.04. The fourth-order valence-corrected chi connectivity index (χ4v) is 1.71. The molecule has 0 radical (unpaired) electrons. The van der Waals surface area contributed by atoms with E-state index in [1.165, 1.54) is 6.33 Å². The molecule has 0 aliphatic heterocycles. The van der Waals surface area contributed by atoms with Gasteiger partial charge in [-0.25, -0.2) is 9.97 Å². The summed E-state index contributed by atoms with van der Waals surface area (Å²) in [6.45, 7) is 1.96. The van der Waals surface area contributed by atoms with Crippen molar-refractivity contribution in [1.82, 2.24) is 9.97 Å². The van der Waals surface area contributed by atoms with E-state index in [2.05, 4.69) is 31.2 Å². The summed E-state index contributed by atoms with van der Waals surface area (Å²) in [6, 6.07) is 5.78. The molecule has 0 unspecified atom stereocenters. The van der Waals surface area contributed by atoms with Crippen molar-refractivity contribution in [1.29, 1.82) is 0 Å². The van der Waals surface area contributed by atoms with Crippen molar-refractivity contribution in [3.8, 4) is 0 Å². The van der Waals surface area contributed by atoms with Crippen LogP contribution in [-0.2, 0) is 0 Å². The van der Waals surface area contributed by atoms with Crippen molar-refractivity contribution < 1.29 is 0 Å². The molecule has 16 heavy (non-hydrogen) atoms. The van der Waals surface area contributed by atoms with Crippen LogP contribution >= 0.6 is 27.5 Å². The van der Waals surface area contributed by atoms with Crippen LogP contribution in [0.25, 0.3) is 0 Å². The maximum Gasteiger partial charge on any atom is 0.148 e. The Hall–Kier alpha value is -1.13. The Morgan fingerprint density at radius 3 is 2.88 bits per heavy atom. The van der Waals surface area contributed by atoms with Gasteiger partial charge in [-0.2, -0.15) is 0 Å². The van der Waals surface area contributed by atoms with Crippen molar-refractivity contribution >= 4 is 39.0 Å². The molecule has 82 valence electrons. The van der Waals surface area contributed by atoms with Crippen molar-refractivity contribution in [3.05, 3.63) is 45.8 Å². The minimum atomic E-state index is 0.718. The average Bonchev–Trinajstić information content (AvgIpc) is 2.27. The molecule has 0 fully saturated rings. The molecule has 0 spiro atoms. The lowest BCUT2D eigenvalue weighted by molar-refractivity contribution is 1.15. The molecule has 5 heteroatoms. The van der Waals surface area contributed by atoms with Crippen molar-refractivity contribution in [2.75, 3.05) is 5.32 Å². The van der Waals surface area contributed by atoms with E-state index in [0.29, 0.717) is 0 Å². The Morgan fingerprint density at radius 2 is 2.19 bits per heavy atom. The first-order valence-corrected chi connectivity index (χ1v) is 5.82. The van der Waals surface area contributed by atoms with Gasteiger partial charge in [0.05, 0.1) is 4.47 Å². The third-order valence-corrected chi connectivity index (χ3v) is 3.09. The predicted octanol–water partition coefficient (Wildman–Crippen LogP) is 3.94. The molecule has 0 bridgehead atoms. The molecule has 0 aliphatic rings. The molecule has 3 nitrogen and oxygen atoms in total. The first-order chi connectivity index (χ1) is 7.66. The average molecular weight is 299 g/mol. The van der Waals surface area contributed by atoms with Gasteiger partial charge < -0.3 is 5.32 Å². The number of rotatable bonds is 2. The van der Waals surface area contributed by atoms with Crippen molar-refractivity contribution in [2.45, 2.75) is 6.92 Å². The highest BCUT2D eigenvalue weighted by Gasteiger charge is 2.02. The molecule has 1 aromatic carbocycles. The smallest absolute Gasteiger partial charge is 0.148 e. The summed E-state index contributed by atoms with van der Waals surface area (Å²) in [6.07, 6.45) is 3.17. The normalized spacial score (nSPS) is 10.2. The fourth-order valence-electron chi connectivity index (χ4n) is 1.21. The van der Waals surface area contributed by atoms with Crippen LogP contribution in [0.2, 0.25) is 5.02 Å². The van der Waals surface area contributed by atoms with E-state index in [0.717, 1.165) is 26.6 Å². The number of halogens is 2. The lowest BCUT2D eigenvalue weighted by Crippen LogP contribution is -1.95. The predicted molar refractivity (Wildman–Crippen MR) is 69.2 cm³/mol. The summed E-state index contributed by atoms with van der Waals surface area (Å²) in [5, 5.41) is 3.89. The van der Waals surface area contributed by atoms with E-state index in [1.54, 1.807) is 6.20 Å². The number of hydrogen-bond acceptors (Lipinski definition) is 3. The summed E-state index contributed by atoms with van der Waals surface area (Å²) in [5.41, 5.74) is 1.95. The number of aryl methyl sites for hydroxylation is 1. The van der Waals surface area contributed by atoms with E-state index in [1.807, 2.05) is 25.1 Å². The van der Waals surface area contributed by atoms with Gasteiger partial charge in [0.1, 0.15) is 12.1 Å². The molecule has 0 amide bonds. The van der Waals surface area contributed by atoms with Gasteiger partial charge in [-0.1, -0.05) is 17.7 Å². The van der Waals surface area contributed by atoms with Crippen LogP contribution in [0.1, 0.15) is 5.56 Å². The van der Waals surface area contributed by atoms with Gasteiger partial charge in [0.25, 0.3) is 0 Å². The van der Waals surface area contributed by atoms with E-state index in [9.17, 15) is 0 Å². The Kier molecular flexibility index (Phi) is 3.41. The number of nitrogens with one attached hydrogen (secondary N) is 1. The van der Waals surface area contributed by atoms with Gasteiger partial charge in [-0.15, -0.1) is 0 Å². The third-order valence-electron chi connectivity index (χ3n) is 2.10. The van der Waals surface area contributed by atoms with Gasteiger partial charge >= 0.3 is 0 Å². The molecule has 2 aromatic rings. The SMILES string of the molecule is Cc1ccc(Nc2ncncc2Br)cc1Cl. The summed E-state index contributed by atoms with van der Waals surface area (Å²) in [5.74, 6) is 0.718. The third kappa shape index (κ3) is 2.51. The first kappa shape index (κ1) is 11.4. The Labute approximate surface area is 107 Å². The van der Waals surface area contributed by atoms with Gasteiger partial charge in [0.2, 0.25) is 0 Å². The number of hydrogen-bond donors (Lipinski definition) is 1. The summed E-state index contributed by atoms with van der Waals surface area (Å²) in [4.78, 5) is 8.01. The number of nitrogens with zero attached hydrogens (tertiary/aromatic N) is 2. The largest absolute Gasteiger partial charge is 0.339 e. The number of benzene rings is 1. The van der Waals surface area contributed by atoms with Crippen molar-refractivity contribution in [2.24, 2.45) is 0 Å². The van der Waals surface area contributed by atoms with Crippen LogP contribution < -0.4 is 5.32 Å². The standard InChI is InChI=1S/C11H9BrClN3/c1-7-2-3-8(4-10(7)13)16-11-9(12)5-14-6-15-11/h2-6H,1H3,(H,14,15,16). The summed E-state index contributed by atoms with van der Waals surface area (Å²) >= 11 is 9.40. The highest BCUT2D eigenvalue weighted by atomic mass is 79.9. The molecular weight excluding hydrogens is 289 g/mol. The van der Waals surface area contributed by atoms with E-state index in [4.69, 9.17) is 11.6 Å². The lowest BCUT2D eigenvalue weighted by Gasteiger charge is -2.07. The van der Waals surface area contributed by atoms with Gasteiger partial charge in [0.15, 0.2) is 0 Å². The van der Waals surface area contributed by atoms with Crippen LogP contribution in [0.15, 0.2) is 35.2 Å². The molecule has 2 rings (SSSR count). The van der Waals surface area contributed by atoms with Crippen LogP contribution in [0.4, 0.5) is 11.5 Å². The second-order valence-electron chi connectivity index (χ2n) is 3.31. The minimum absolute atomic E-state index is 0.718. The fraction of sp³-hybridized carbons (Fsp3) is 0.0909. The van der Waals surface area contributed by atoms with Crippen molar-refractivity contribution in [3.63, 3.8) is 0 Å². The lowest BCUT2D eigenvalue weighted by atomic mass is 10.2. The molecule has 0 saturated carbocycles. The second kappa shape index (κ2) is 4.80. The van der Waals surface area contributed by atoms with Crippen LogP contribution in [-0.4, -0.2) is 9.97 Å². The monoisotopic (exact) mass is 297 g/mol. The zero-order valence-electron chi connectivity index (χ0n) is 8.54. The van der Waals surface area contributed by atoms with Gasteiger partial charge in [0, 0.05) is 16.9 Å². The quantitative estimate of drug-likeness (QED) is 0.912. The molecule has 1 aromatic heterocycles. The van der Waals surface area contributed by atoms with Gasteiger partial charge in [-0.05, 0) is 40.5 Å². The number of aromatic nitrogens is 2. The zero-order valence-corrected chi connectivity index (χ0v) is 10.9. The Morgan fingerprint density at radius 1 is 1.38 bits per heavy atom. The minimum Gasteiger partial charge on any atom is -0.339 e. The Bertz CT molecular complexity index is 516. The number of anilines is 2. The topological polar surface area (TPSA) is 37.8 Å².